The molecule has 1 amide bonds. The van der Waals surface area contributed by atoms with Gasteiger partial charge < -0.3 is 48.2 Å². The molecule has 5 aromatic rings. The Labute approximate surface area is 465 Å². The molecule has 2 N–H and O–H groups in total. The monoisotopic (exact) mass is 1100 g/mol. The van der Waals surface area contributed by atoms with Gasteiger partial charge in [-0.05, 0) is 81.8 Å². The molecular weight excluding hydrogens is 1030 g/mol. The van der Waals surface area contributed by atoms with E-state index in [0.717, 1.165) is 19.3 Å². The summed E-state index contributed by atoms with van der Waals surface area (Å²) in [5.41, 5.74) is 0.808. The van der Waals surface area contributed by atoms with Gasteiger partial charge in [0, 0.05) is 58.5 Å². The number of hydrogen-bond donors (Lipinski definition) is 2. The van der Waals surface area contributed by atoms with Crippen molar-refractivity contribution in [1.29, 1.82) is 0 Å². The van der Waals surface area contributed by atoms with Gasteiger partial charge in [-0.25, -0.2) is 24.4 Å². The van der Waals surface area contributed by atoms with E-state index < -0.39 is 84.1 Å². The predicted molar refractivity (Wildman–Crippen MR) is 294 cm³/mol. The Morgan fingerprint density at radius 1 is 0.750 bits per heavy atom. The number of aromatic nitrogens is 4. The topological polar surface area (TPSA) is 258 Å². The van der Waals surface area contributed by atoms with Gasteiger partial charge in [-0.3, -0.25) is 23.9 Å². The molecule has 1 aliphatic heterocycles. The summed E-state index contributed by atoms with van der Waals surface area (Å²) >= 11 is 0. The molecule has 7 rings (SSSR count). The fraction of sp³-hybridized carbons (Fsp3) is 0.492. The summed E-state index contributed by atoms with van der Waals surface area (Å²) in [6.07, 6.45) is 2.60. The van der Waals surface area contributed by atoms with E-state index in [1.54, 1.807) is 115 Å². The van der Waals surface area contributed by atoms with Crippen molar-refractivity contribution < 1.29 is 61.9 Å². The van der Waals surface area contributed by atoms with Gasteiger partial charge in [0.2, 0.25) is 11.9 Å². The van der Waals surface area contributed by atoms with Crippen molar-refractivity contribution in [3.8, 4) is 0 Å². The van der Waals surface area contributed by atoms with Crippen LogP contribution >= 0.6 is 0 Å². The standard InChI is InChI=1S/C59H73N7O14/c1-6-44-51(78-47(69)30-29-38(2)67)52(55(77-44)66-37-61-48-53(66)63-59(64-54(48)70)62-36-65(4)5)75-33-20-8-7-19-31-60-46(68)28-18-21-32-74-45-34-43(35-76-56(71)40-22-12-9-13-23-40)50(80-58(73)42-26-16-11-17-27-42)49(39(45)3)79-57(72)41-24-14-10-15-25-41/h9-17,22-27,36-37,39,43-45,49-52,55H,6-8,18-21,28-35H2,1-5H3,(H,60,68)(H,63,64,70)/t39-,43+,44+,45+,49+,50-,51?,52-,55+/m0/s1. The molecule has 0 bridgehead atoms. The van der Waals surface area contributed by atoms with E-state index in [9.17, 15) is 33.6 Å². The minimum Gasteiger partial charge on any atom is -0.462 e. The molecule has 1 aliphatic carbocycles. The van der Waals surface area contributed by atoms with Gasteiger partial charge in [-0.15, -0.1) is 0 Å². The molecule has 80 heavy (non-hydrogen) atoms. The van der Waals surface area contributed by atoms with Gasteiger partial charge in [-0.1, -0.05) is 81.3 Å². The number of rotatable bonds is 29. The van der Waals surface area contributed by atoms with Crippen LogP contribution in [0.3, 0.4) is 0 Å². The van der Waals surface area contributed by atoms with E-state index in [4.69, 9.17) is 33.2 Å². The van der Waals surface area contributed by atoms with Gasteiger partial charge in [0.05, 0.1) is 54.6 Å². The number of carbonyl (C=O) groups excluding carboxylic acids is 6. The van der Waals surface area contributed by atoms with Crippen molar-refractivity contribution >= 4 is 59.0 Å². The maximum atomic E-state index is 13.6. The van der Waals surface area contributed by atoms with E-state index in [1.165, 1.54) is 19.6 Å². The number of fused-ring (bicyclic) bond motifs is 1. The highest BCUT2D eigenvalue weighted by atomic mass is 16.6. The van der Waals surface area contributed by atoms with Crippen molar-refractivity contribution in [3.05, 3.63) is 124 Å². The van der Waals surface area contributed by atoms with Crippen LogP contribution in [0.5, 0.6) is 0 Å². The lowest BCUT2D eigenvalue weighted by atomic mass is 9.76. The van der Waals surface area contributed by atoms with E-state index in [2.05, 4.69) is 25.3 Å². The number of ketones is 1. The third-order valence-corrected chi connectivity index (χ3v) is 13.9. The fourth-order valence-electron chi connectivity index (χ4n) is 9.66. The number of ether oxygens (including phenoxy) is 7. The number of Topliss-reactive ketones (excluding diaryl/α,β-unsaturated/α-hetero) is 1. The molecular formula is C59H73N7O14. The van der Waals surface area contributed by atoms with Gasteiger partial charge in [0.25, 0.3) is 5.56 Å². The van der Waals surface area contributed by atoms with E-state index in [0.29, 0.717) is 68.6 Å². The number of imidazole rings is 1. The number of amides is 1. The van der Waals surface area contributed by atoms with Crippen molar-refractivity contribution in [2.75, 3.05) is 40.5 Å². The number of hydrogen-bond acceptors (Lipinski definition) is 17. The van der Waals surface area contributed by atoms with E-state index in [1.807, 2.05) is 13.8 Å². The zero-order valence-corrected chi connectivity index (χ0v) is 46.1. The number of aromatic amines is 1. The highest BCUT2D eigenvalue weighted by Gasteiger charge is 2.50. The molecule has 1 saturated carbocycles. The zero-order chi connectivity index (χ0) is 57.0. The lowest BCUT2D eigenvalue weighted by Gasteiger charge is -2.44. The van der Waals surface area contributed by atoms with Gasteiger partial charge in [0.1, 0.15) is 24.1 Å². The zero-order valence-electron chi connectivity index (χ0n) is 46.1. The maximum Gasteiger partial charge on any atom is 0.338 e. The van der Waals surface area contributed by atoms with Crippen molar-refractivity contribution in [1.82, 2.24) is 29.7 Å². The van der Waals surface area contributed by atoms with Crippen molar-refractivity contribution in [2.24, 2.45) is 16.8 Å². The normalized spacial score (nSPS) is 21.7. The molecule has 3 aromatic carbocycles. The van der Waals surface area contributed by atoms with Crippen LogP contribution < -0.4 is 10.9 Å². The highest BCUT2D eigenvalue weighted by Crippen LogP contribution is 2.39. The number of nitrogens with zero attached hydrogens (tertiary/aromatic N) is 5. The summed E-state index contributed by atoms with van der Waals surface area (Å²) in [6.45, 7) is 6.14. The summed E-state index contributed by atoms with van der Waals surface area (Å²) in [6, 6.07) is 25.6. The Morgan fingerprint density at radius 2 is 1.36 bits per heavy atom. The van der Waals surface area contributed by atoms with E-state index in [-0.39, 0.29) is 54.7 Å². The van der Waals surface area contributed by atoms with Gasteiger partial charge in [-0.2, -0.15) is 4.98 Å². The third-order valence-electron chi connectivity index (χ3n) is 13.9. The Hall–Kier alpha value is -7.62. The molecule has 3 heterocycles. The van der Waals surface area contributed by atoms with Crippen LogP contribution in [0.15, 0.2) is 107 Å². The van der Waals surface area contributed by atoms with Crippen LogP contribution in [-0.4, -0.2) is 143 Å². The predicted octanol–water partition coefficient (Wildman–Crippen LogP) is 7.51. The average molecular weight is 1100 g/mol. The second-order valence-corrected chi connectivity index (χ2v) is 20.3. The van der Waals surface area contributed by atoms with Crippen molar-refractivity contribution in [2.45, 2.75) is 134 Å². The number of unbranched alkanes of at least 4 members (excludes halogenated alkanes) is 4. The molecule has 2 fully saturated rings. The van der Waals surface area contributed by atoms with Crippen LogP contribution in [-0.2, 0) is 47.5 Å². The first kappa shape index (κ1) is 60.0. The van der Waals surface area contributed by atoms with Gasteiger partial charge >= 0.3 is 23.9 Å². The smallest absolute Gasteiger partial charge is 0.338 e. The highest BCUT2D eigenvalue weighted by molar-refractivity contribution is 5.91. The average Bonchev–Trinajstić information content (AvgIpc) is 4.14. The van der Waals surface area contributed by atoms with Crippen LogP contribution in [0.25, 0.3) is 11.2 Å². The van der Waals surface area contributed by atoms with Gasteiger partial charge in [0.15, 0.2) is 23.5 Å². The Kier molecular flexibility index (Phi) is 22.6. The van der Waals surface area contributed by atoms with Crippen LogP contribution in [0.2, 0.25) is 0 Å². The minimum absolute atomic E-state index is 0.0428. The number of nitrogens with one attached hydrogen (secondary N) is 2. The Balaban J connectivity index is 0.887. The number of aliphatic imine (C=N–C) groups is 1. The Bertz CT molecular complexity index is 2920. The number of carbonyl (C=O) groups is 6. The molecule has 1 unspecified atom stereocenters. The quantitative estimate of drug-likeness (QED) is 0.0154. The fourth-order valence-corrected chi connectivity index (χ4v) is 9.66. The first-order valence-corrected chi connectivity index (χ1v) is 27.5. The summed E-state index contributed by atoms with van der Waals surface area (Å²) in [5.74, 6) is -3.51. The summed E-state index contributed by atoms with van der Waals surface area (Å²) in [7, 11) is 3.57. The third kappa shape index (κ3) is 16.9. The number of esters is 4. The van der Waals surface area contributed by atoms with Crippen LogP contribution in [0.1, 0.15) is 129 Å². The van der Waals surface area contributed by atoms with Crippen LogP contribution in [0, 0.1) is 11.8 Å². The van der Waals surface area contributed by atoms with Crippen molar-refractivity contribution in [3.63, 3.8) is 0 Å². The first-order chi connectivity index (χ1) is 38.7. The first-order valence-electron chi connectivity index (χ1n) is 27.5. The molecule has 2 aromatic heterocycles. The maximum absolute atomic E-state index is 13.6. The molecule has 2 aliphatic rings. The summed E-state index contributed by atoms with van der Waals surface area (Å²) in [4.78, 5) is 108. The second kappa shape index (κ2) is 30.1. The molecule has 9 atom stereocenters. The molecule has 428 valence electrons. The molecule has 1 saturated heterocycles. The molecule has 21 heteroatoms. The lowest BCUT2D eigenvalue weighted by Crippen LogP contribution is -2.54. The SMILES string of the molecule is CC[C@H]1O[C@@H](n2cnc3c(=O)[nH]c(N=CN(C)C)nc32)[C@@H](OCCCCCCNC(=O)CCCCO[C@@H]2C[C@H](COC(=O)c3ccccc3)[C@H](OC(=O)c3ccccc3)[C@H](OC(=O)c3ccccc3)[C@H]2C)C1OC(=O)CCC(C)=O. The number of benzene rings is 3. The Morgan fingerprint density at radius 3 is 2.00 bits per heavy atom. The molecule has 0 radical (unpaired) electrons. The minimum atomic E-state index is -0.984. The summed E-state index contributed by atoms with van der Waals surface area (Å²) < 4.78 is 45.1. The van der Waals surface area contributed by atoms with Crippen LogP contribution in [0.4, 0.5) is 5.95 Å². The molecule has 0 spiro atoms. The second-order valence-electron chi connectivity index (χ2n) is 20.3. The largest absolute Gasteiger partial charge is 0.462 e. The van der Waals surface area contributed by atoms with E-state index >= 15 is 0 Å². The number of H-pyrrole nitrogens is 1. The molecule has 21 nitrogen and oxygen atoms in total. The lowest BCUT2D eigenvalue weighted by molar-refractivity contribution is -0.158. The summed E-state index contributed by atoms with van der Waals surface area (Å²) in [5, 5.41) is 3.01.